The number of ether oxygens (including phenoxy) is 2. The Hall–Kier alpha value is -1.44. The molecule has 0 bridgehead atoms. The molecule has 0 saturated carbocycles. The van der Waals surface area contributed by atoms with Gasteiger partial charge in [0.05, 0.1) is 5.56 Å². The van der Waals surface area contributed by atoms with Gasteiger partial charge in [-0.25, -0.2) is 0 Å². The summed E-state index contributed by atoms with van der Waals surface area (Å²) in [5.74, 6) is 1.94. The van der Waals surface area contributed by atoms with Crippen molar-refractivity contribution in [3.05, 3.63) is 29.3 Å². The van der Waals surface area contributed by atoms with Gasteiger partial charge < -0.3 is 9.47 Å². The first kappa shape index (κ1) is 11.6. The van der Waals surface area contributed by atoms with Gasteiger partial charge in [-0.15, -0.1) is 0 Å². The van der Waals surface area contributed by atoms with Gasteiger partial charge in [0.15, 0.2) is 0 Å². The van der Waals surface area contributed by atoms with Crippen molar-refractivity contribution in [3.8, 4) is 11.5 Å². The topological polar surface area (TPSA) is 18.5 Å². The Kier molecular flexibility index (Phi) is 2.28. The molecular formula is C16H20O2. The lowest BCUT2D eigenvalue weighted by Gasteiger charge is -2.36. The average Bonchev–Trinajstić information content (AvgIpc) is 2.26. The van der Waals surface area contributed by atoms with Crippen molar-refractivity contribution in [1.29, 1.82) is 0 Å². The zero-order chi connectivity index (χ0) is 13.0. The van der Waals surface area contributed by atoms with E-state index in [0.717, 1.165) is 29.9 Å². The van der Waals surface area contributed by atoms with Gasteiger partial charge in [-0.05, 0) is 64.3 Å². The largest absolute Gasteiger partial charge is 0.487 e. The lowest BCUT2D eigenvalue weighted by Crippen LogP contribution is -2.34. The second-order valence-corrected chi connectivity index (χ2v) is 6.37. The normalized spacial score (nSPS) is 22.4. The number of rotatable bonds is 0. The third-order valence-corrected chi connectivity index (χ3v) is 3.64. The van der Waals surface area contributed by atoms with E-state index in [-0.39, 0.29) is 11.2 Å². The maximum atomic E-state index is 6.15. The molecule has 0 atom stereocenters. The van der Waals surface area contributed by atoms with E-state index in [1.54, 1.807) is 0 Å². The molecule has 0 radical (unpaired) electrons. The quantitative estimate of drug-likeness (QED) is 0.687. The molecule has 96 valence electrons. The summed E-state index contributed by atoms with van der Waals surface area (Å²) >= 11 is 0. The van der Waals surface area contributed by atoms with Crippen LogP contribution < -0.4 is 9.47 Å². The minimum absolute atomic E-state index is 0.0804. The molecule has 1 aromatic rings. The van der Waals surface area contributed by atoms with E-state index in [0.29, 0.717) is 0 Å². The SMILES string of the molecule is CC1(C)C=Cc2c(ccc3c2OC(C)(C)CC3)O1. The zero-order valence-corrected chi connectivity index (χ0v) is 11.5. The second-order valence-electron chi connectivity index (χ2n) is 6.37. The maximum Gasteiger partial charge on any atom is 0.134 e. The standard InChI is InChI=1S/C16H20O2/c1-15(2)10-8-12-13(17-15)6-5-11-7-9-16(3,4)18-14(11)12/h5-6,8,10H,7,9H2,1-4H3. The number of benzene rings is 1. The Bertz CT molecular complexity index is 524. The van der Waals surface area contributed by atoms with Gasteiger partial charge >= 0.3 is 0 Å². The van der Waals surface area contributed by atoms with Crippen LogP contribution in [0.5, 0.6) is 11.5 Å². The van der Waals surface area contributed by atoms with Crippen LogP contribution in [-0.2, 0) is 6.42 Å². The third-order valence-electron chi connectivity index (χ3n) is 3.64. The van der Waals surface area contributed by atoms with E-state index >= 15 is 0 Å². The molecular weight excluding hydrogens is 224 g/mol. The Morgan fingerprint density at radius 3 is 2.61 bits per heavy atom. The summed E-state index contributed by atoms with van der Waals surface area (Å²) in [6, 6.07) is 4.21. The fourth-order valence-electron chi connectivity index (χ4n) is 2.56. The molecule has 18 heavy (non-hydrogen) atoms. The first-order valence-electron chi connectivity index (χ1n) is 6.59. The first-order chi connectivity index (χ1) is 8.36. The molecule has 0 saturated heterocycles. The molecule has 3 rings (SSSR count). The van der Waals surface area contributed by atoms with Crippen LogP contribution in [0, 0.1) is 0 Å². The predicted molar refractivity (Wildman–Crippen MR) is 73.2 cm³/mol. The van der Waals surface area contributed by atoms with Gasteiger partial charge in [0, 0.05) is 0 Å². The summed E-state index contributed by atoms with van der Waals surface area (Å²) < 4.78 is 12.1. The lowest BCUT2D eigenvalue weighted by atomic mass is 9.91. The van der Waals surface area contributed by atoms with Gasteiger partial charge in [-0.2, -0.15) is 0 Å². The summed E-state index contributed by atoms with van der Waals surface area (Å²) in [4.78, 5) is 0. The van der Waals surface area contributed by atoms with Gasteiger partial charge in [-0.1, -0.05) is 6.07 Å². The number of hydrogen-bond acceptors (Lipinski definition) is 2. The highest BCUT2D eigenvalue weighted by atomic mass is 16.5. The summed E-state index contributed by atoms with van der Waals surface area (Å²) in [5, 5.41) is 0. The van der Waals surface area contributed by atoms with Crippen LogP contribution in [0.4, 0.5) is 0 Å². The van der Waals surface area contributed by atoms with Crippen LogP contribution in [0.1, 0.15) is 45.2 Å². The van der Waals surface area contributed by atoms with Crippen LogP contribution >= 0.6 is 0 Å². The van der Waals surface area contributed by atoms with E-state index in [1.165, 1.54) is 5.56 Å². The highest BCUT2D eigenvalue weighted by Gasteiger charge is 2.31. The van der Waals surface area contributed by atoms with Crippen molar-refractivity contribution in [2.45, 2.75) is 51.7 Å². The van der Waals surface area contributed by atoms with E-state index in [1.807, 2.05) is 0 Å². The number of hydrogen-bond donors (Lipinski definition) is 0. The fraction of sp³-hybridized carbons (Fsp3) is 0.500. The van der Waals surface area contributed by atoms with Crippen molar-refractivity contribution < 1.29 is 9.47 Å². The van der Waals surface area contributed by atoms with Crippen LogP contribution in [0.25, 0.3) is 6.08 Å². The average molecular weight is 244 g/mol. The highest BCUT2D eigenvalue weighted by molar-refractivity contribution is 5.69. The Morgan fingerprint density at radius 2 is 1.83 bits per heavy atom. The van der Waals surface area contributed by atoms with Crippen LogP contribution in [0.3, 0.4) is 0 Å². The minimum atomic E-state index is -0.231. The molecule has 0 aliphatic carbocycles. The summed E-state index contributed by atoms with van der Waals surface area (Å²) in [6.45, 7) is 8.42. The Labute approximate surface area is 109 Å². The highest BCUT2D eigenvalue weighted by Crippen LogP contribution is 2.43. The van der Waals surface area contributed by atoms with Crippen LogP contribution in [0.2, 0.25) is 0 Å². The van der Waals surface area contributed by atoms with Crippen molar-refractivity contribution >= 4 is 6.08 Å². The predicted octanol–water partition coefficient (Wildman–Crippen LogP) is 3.97. The Balaban J connectivity index is 2.10. The van der Waals surface area contributed by atoms with E-state index in [2.05, 4.69) is 52.0 Å². The summed E-state index contributed by atoms with van der Waals surface area (Å²) in [7, 11) is 0. The van der Waals surface area contributed by atoms with Crippen molar-refractivity contribution in [2.24, 2.45) is 0 Å². The van der Waals surface area contributed by atoms with Crippen molar-refractivity contribution in [1.82, 2.24) is 0 Å². The first-order valence-corrected chi connectivity index (χ1v) is 6.59. The Morgan fingerprint density at radius 1 is 1.06 bits per heavy atom. The number of fused-ring (bicyclic) bond motifs is 3. The zero-order valence-electron chi connectivity index (χ0n) is 11.5. The van der Waals surface area contributed by atoms with Crippen molar-refractivity contribution in [3.63, 3.8) is 0 Å². The fourth-order valence-corrected chi connectivity index (χ4v) is 2.56. The van der Waals surface area contributed by atoms with E-state index in [4.69, 9.17) is 9.47 Å². The lowest BCUT2D eigenvalue weighted by molar-refractivity contribution is 0.0825. The molecule has 0 N–H and O–H groups in total. The van der Waals surface area contributed by atoms with Gasteiger partial charge in [0.2, 0.25) is 0 Å². The molecule has 1 aromatic carbocycles. The number of aryl methyl sites for hydroxylation is 1. The molecule has 0 unspecified atom stereocenters. The monoisotopic (exact) mass is 244 g/mol. The van der Waals surface area contributed by atoms with E-state index < -0.39 is 0 Å². The minimum Gasteiger partial charge on any atom is -0.487 e. The molecule has 0 amide bonds. The smallest absolute Gasteiger partial charge is 0.134 e. The molecule has 2 aliphatic heterocycles. The molecule has 2 nitrogen and oxygen atoms in total. The van der Waals surface area contributed by atoms with Crippen molar-refractivity contribution in [2.75, 3.05) is 0 Å². The van der Waals surface area contributed by atoms with Gasteiger partial charge in [-0.3, -0.25) is 0 Å². The van der Waals surface area contributed by atoms with Crippen LogP contribution in [0.15, 0.2) is 18.2 Å². The summed E-state index contributed by atoms with van der Waals surface area (Å²) in [5.41, 5.74) is 2.08. The molecule has 0 aromatic heterocycles. The van der Waals surface area contributed by atoms with E-state index in [9.17, 15) is 0 Å². The van der Waals surface area contributed by atoms with Gasteiger partial charge in [0.25, 0.3) is 0 Å². The third kappa shape index (κ3) is 1.90. The van der Waals surface area contributed by atoms with Gasteiger partial charge in [0.1, 0.15) is 22.7 Å². The summed E-state index contributed by atoms with van der Waals surface area (Å²) in [6.07, 6.45) is 6.38. The molecule has 2 heterocycles. The molecule has 2 aliphatic rings. The second kappa shape index (κ2) is 3.53. The molecule has 2 heteroatoms. The maximum absolute atomic E-state index is 6.15. The molecule has 0 fully saturated rings. The van der Waals surface area contributed by atoms with Crippen LogP contribution in [-0.4, -0.2) is 11.2 Å². The molecule has 0 spiro atoms.